The minimum atomic E-state index is -0.120. The van der Waals surface area contributed by atoms with Crippen LogP contribution < -0.4 is 0 Å². The largest absolute Gasteiger partial charge is 0.469 e. The van der Waals surface area contributed by atoms with E-state index in [9.17, 15) is 4.79 Å². The van der Waals surface area contributed by atoms with Crippen molar-refractivity contribution in [1.29, 1.82) is 0 Å². The minimum absolute atomic E-state index is 0.0810. The third-order valence-corrected chi connectivity index (χ3v) is 2.79. The first-order valence-corrected chi connectivity index (χ1v) is 5.29. The monoisotopic (exact) mass is 201 g/mol. The van der Waals surface area contributed by atoms with Crippen LogP contribution in [0.3, 0.4) is 0 Å². The van der Waals surface area contributed by atoms with Gasteiger partial charge in [0.05, 0.1) is 7.11 Å². The van der Waals surface area contributed by atoms with Crippen LogP contribution in [0.4, 0.5) is 0 Å². The van der Waals surface area contributed by atoms with Crippen molar-refractivity contribution in [3.05, 3.63) is 0 Å². The molecule has 0 aromatic carbocycles. The molecule has 0 saturated carbocycles. The molecule has 3 heteroatoms. The van der Waals surface area contributed by atoms with E-state index in [1.807, 2.05) is 0 Å². The highest BCUT2D eigenvalue weighted by atomic mass is 16.5. The van der Waals surface area contributed by atoms with Crippen LogP contribution in [-0.4, -0.2) is 36.6 Å². The summed E-state index contributed by atoms with van der Waals surface area (Å²) in [6.07, 6.45) is 1.35. The van der Waals surface area contributed by atoms with E-state index in [-0.39, 0.29) is 11.5 Å². The van der Waals surface area contributed by atoms with Gasteiger partial charge in [-0.15, -0.1) is 0 Å². The van der Waals surface area contributed by atoms with Gasteiger partial charge in [0.2, 0.25) is 0 Å². The van der Waals surface area contributed by atoms with E-state index in [0.29, 0.717) is 6.42 Å². The summed E-state index contributed by atoms with van der Waals surface area (Å²) in [5.74, 6) is -0.120. The number of methoxy groups -OCH3 is 1. The second-order valence-corrected chi connectivity index (χ2v) is 4.06. The molecule has 0 fully saturated rings. The molecule has 84 valence electrons. The van der Waals surface area contributed by atoms with Crippen LogP contribution in [-0.2, 0) is 9.53 Å². The van der Waals surface area contributed by atoms with E-state index in [0.717, 1.165) is 19.5 Å². The maximum Gasteiger partial charge on any atom is 0.305 e. The molecule has 0 unspecified atom stereocenters. The molecular formula is C11H23NO2. The van der Waals surface area contributed by atoms with Gasteiger partial charge in [-0.3, -0.25) is 9.69 Å². The SMILES string of the molecule is CCN(CC)C(C)(C)CCC(=O)OC. The number of esters is 1. The Morgan fingerprint density at radius 1 is 1.29 bits per heavy atom. The fourth-order valence-corrected chi connectivity index (χ4v) is 1.75. The molecule has 0 heterocycles. The predicted molar refractivity (Wildman–Crippen MR) is 58.3 cm³/mol. The summed E-state index contributed by atoms with van der Waals surface area (Å²) in [5.41, 5.74) is 0.0810. The lowest BCUT2D eigenvalue weighted by atomic mass is 9.96. The van der Waals surface area contributed by atoms with E-state index in [1.54, 1.807) is 0 Å². The highest BCUT2D eigenvalue weighted by Crippen LogP contribution is 2.20. The number of nitrogens with zero attached hydrogens (tertiary/aromatic N) is 1. The lowest BCUT2D eigenvalue weighted by Crippen LogP contribution is -2.43. The second kappa shape index (κ2) is 6.02. The standard InChI is InChI=1S/C11H23NO2/c1-6-12(7-2)11(3,4)9-8-10(13)14-5/h6-9H2,1-5H3. The third-order valence-electron chi connectivity index (χ3n) is 2.79. The Kier molecular flexibility index (Phi) is 5.77. The fourth-order valence-electron chi connectivity index (χ4n) is 1.75. The molecule has 0 amide bonds. The molecule has 0 aliphatic heterocycles. The van der Waals surface area contributed by atoms with Crippen molar-refractivity contribution >= 4 is 5.97 Å². The zero-order valence-electron chi connectivity index (χ0n) is 10.1. The lowest BCUT2D eigenvalue weighted by molar-refractivity contribution is -0.141. The molecule has 0 aliphatic rings. The Morgan fingerprint density at radius 2 is 1.79 bits per heavy atom. The predicted octanol–water partition coefficient (Wildman–Crippen LogP) is 2.06. The molecule has 0 spiro atoms. The molecule has 0 radical (unpaired) electrons. The van der Waals surface area contributed by atoms with Crippen LogP contribution in [0, 0.1) is 0 Å². The fraction of sp³-hybridized carbons (Fsp3) is 0.909. The van der Waals surface area contributed by atoms with E-state index >= 15 is 0 Å². The van der Waals surface area contributed by atoms with Crippen LogP contribution in [0.15, 0.2) is 0 Å². The molecular weight excluding hydrogens is 178 g/mol. The molecule has 0 bridgehead atoms. The first-order valence-electron chi connectivity index (χ1n) is 5.29. The molecule has 0 aromatic rings. The number of hydrogen-bond donors (Lipinski definition) is 0. The Morgan fingerprint density at radius 3 is 2.14 bits per heavy atom. The van der Waals surface area contributed by atoms with E-state index < -0.39 is 0 Å². The smallest absolute Gasteiger partial charge is 0.305 e. The summed E-state index contributed by atoms with van der Waals surface area (Å²) in [4.78, 5) is 13.4. The molecule has 0 aromatic heterocycles. The van der Waals surface area contributed by atoms with Gasteiger partial charge in [0, 0.05) is 12.0 Å². The number of carbonyl (C=O) groups excluding carboxylic acids is 1. The summed E-state index contributed by atoms with van der Waals surface area (Å²) < 4.78 is 4.64. The normalized spacial score (nSPS) is 11.9. The van der Waals surface area contributed by atoms with Crippen molar-refractivity contribution in [2.75, 3.05) is 20.2 Å². The summed E-state index contributed by atoms with van der Waals surface area (Å²) >= 11 is 0. The van der Waals surface area contributed by atoms with Crippen LogP contribution in [0.1, 0.15) is 40.5 Å². The summed E-state index contributed by atoms with van der Waals surface area (Å²) in [6.45, 7) is 10.7. The first-order chi connectivity index (χ1) is 6.47. The summed E-state index contributed by atoms with van der Waals surface area (Å²) in [5, 5.41) is 0. The first kappa shape index (κ1) is 13.4. The van der Waals surface area contributed by atoms with Crippen molar-refractivity contribution < 1.29 is 9.53 Å². The van der Waals surface area contributed by atoms with Gasteiger partial charge in [0.1, 0.15) is 0 Å². The number of rotatable bonds is 6. The maximum absolute atomic E-state index is 11.0. The van der Waals surface area contributed by atoms with Gasteiger partial charge < -0.3 is 4.74 Å². The highest BCUT2D eigenvalue weighted by molar-refractivity contribution is 5.69. The van der Waals surface area contributed by atoms with Crippen LogP contribution in [0.2, 0.25) is 0 Å². The van der Waals surface area contributed by atoms with Gasteiger partial charge in [0.25, 0.3) is 0 Å². The minimum Gasteiger partial charge on any atom is -0.469 e. The maximum atomic E-state index is 11.0. The van der Waals surface area contributed by atoms with Gasteiger partial charge in [0.15, 0.2) is 0 Å². The van der Waals surface area contributed by atoms with Gasteiger partial charge in [-0.25, -0.2) is 0 Å². The van der Waals surface area contributed by atoms with Crippen molar-refractivity contribution in [3.8, 4) is 0 Å². The molecule has 0 aliphatic carbocycles. The average Bonchev–Trinajstić information content (AvgIpc) is 2.15. The van der Waals surface area contributed by atoms with E-state index in [2.05, 4.69) is 37.3 Å². The van der Waals surface area contributed by atoms with Crippen molar-refractivity contribution in [1.82, 2.24) is 4.90 Å². The number of hydrogen-bond acceptors (Lipinski definition) is 3. The van der Waals surface area contributed by atoms with E-state index in [4.69, 9.17) is 0 Å². The average molecular weight is 201 g/mol. The Hall–Kier alpha value is -0.570. The zero-order chi connectivity index (χ0) is 11.2. The molecule has 0 rings (SSSR count). The molecule has 0 saturated heterocycles. The van der Waals surface area contributed by atoms with Crippen molar-refractivity contribution in [3.63, 3.8) is 0 Å². The van der Waals surface area contributed by atoms with Gasteiger partial charge in [-0.05, 0) is 33.4 Å². The topological polar surface area (TPSA) is 29.5 Å². The quantitative estimate of drug-likeness (QED) is 0.616. The van der Waals surface area contributed by atoms with Crippen LogP contribution in [0.5, 0.6) is 0 Å². The molecule has 3 nitrogen and oxygen atoms in total. The van der Waals surface area contributed by atoms with Crippen molar-refractivity contribution in [2.45, 2.75) is 46.1 Å². The summed E-state index contributed by atoms with van der Waals surface area (Å²) in [6, 6.07) is 0. The molecule has 0 N–H and O–H groups in total. The summed E-state index contributed by atoms with van der Waals surface area (Å²) in [7, 11) is 1.44. The number of ether oxygens (including phenoxy) is 1. The number of carbonyl (C=O) groups is 1. The van der Waals surface area contributed by atoms with Crippen LogP contribution >= 0.6 is 0 Å². The Balaban J connectivity index is 4.10. The van der Waals surface area contributed by atoms with Gasteiger partial charge in [-0.1, -0.05) is 13.8 Å². The van der Waals surface area contributed by atoms with Gasteiger partial charge in [-0.2, -0.15) is 0 Å². The van der Waals surface area contributed by atoms with Crippen LogP contribution in [0.25, 0.3) is 0 Å². The third kappa shape index (κ3) is 4.09. The van der Waals surface area contributed by atoms with E-state index in [1.165, 1.54) is 7.11 Å². The Bertz CT molecular complexity index is 174. The molecule has 14 heavy (non-hydrogen) atoms. The lowest BCUT2D eigenvalue weighted by Gasteiger charge is -2.37. The zero-order valence-corrected chi connectivity index (χ0v) is 10.1. The van der Waals surface area contributed by atoms with Crippen molar-refractivity contribution in [2.24, 2.45) is 0 Å². The Labute approximate surface area is 87.4 Å². The van der Waals surface area contributed by atoms with Gasteiger partial charge >= 0.3 is 5.97 Å². The highest BCUT2D eigenvalue weighted by Gasteiger charge is 2.24. The molecule has 0 atom stereocenters. The second-order valence-electron chi connectivity index (χ2n) is 4.06.